The fourth-order valence-corrected chi connectivity index (χ4v) is 2.45. The maximum Gasteiger partial charge on any atom is 0.328 e. The van der Waals surface area contributed by atoms with Crippen LogP contribution in [0.2, 0.25) is 0 Å². The zero-order valence-corrected chi connectivity index (χ0v) is 15.5. The number of ether oxygens (including phenoxy) is 1. The molecule has 1 aromatic rings. The van der Waals surface area contributed by atoms with Gasteiger partial charge in [-0.3, -0.25) is 14.6 Å². The molecule has 0 unspecified atom stereocenters. The van der Waals surface area contributed by atoms with Gasteiger partial charge in [0.2, 0.25) is 12.3 Å². The summed E-state index contributed by atoms with van der Waals surface area (Å²) in [4.78, 5) is 39.7. The Kier molecular flexibility index (Phi) is 7.54. The van der Waals surface area contributed by atoms with E-state index >= 15 is 0 Å². The lowest BCUT2D eigenvalue weighted by Gasteiger charge is -2.26. The molecule has 2 N–H and O–H groups in total. The van der Waals surface area contributed by atoms with Gasteiger partial charge in [0.25, 0.3) is 0 Å². The predicted octanol–water partition coefficient (Wildman–Crippen LogP) is 1.14. The molecule has 0 saturated carbocycles. The van der Waals surface area contributed by atoms with Gasteiger partial charge in [-0.2, -0.15) is 0 Å². The number of hydrogen-bond acceptors (Lipinski definition) is 5. The number of esters is 1. The fourth-order valence-electron chi connectivity index (χ4n) is 2.45. The third kappa shape index (κ3) is 7.32. The van der Waals surface area contributed by atoms with Gasteiger partial charge < -0.3 is 15.4 Å². The third-order valence-corrected chi connectivity index (χ3v) is 3.56. The highest BCUT2D eigenvalue weighted by Crippen LogP contribution is 2.21. The molecule has 2 amide bonds. The molecule has 0 bridgehead atoms. The van der Waals surface area contributed by atoms with Crippen LogP contribution in [0.15, 0.2) is 18.2 Å². The smallest absolute Gasteiger partial charge is 0.328 e. The first-order chi connectivity index (χ1) is 11.7. The first-order valence-electron chi connectivity index (χ1n) is 8.16. The maximum atomic E-state index is 12.5. The van der Waals surface area contributed by atoms with Gasteiger partial charge in [-0.25, -0.2) is 4.79 Å². The Labute approximate surface area is 148 Å². The van der Waals surface area contributed by atoms with Gasteiger partial charge in [0.15, 0.2) is 0 Å². The SMILES string of the molecule is COC(=O)[C@H](Cc1cccc(C)n1)NC(=O)[C@@H](CC(C)(C)C)NC=O. The van der Waals surface area contributed by atoms with Crippen LogP contribution < -0.4 is 10.6 Å². The van der Waals surface area contributed by atoms with Gasteiger partial charge in [-0.05, 0) is 30.9 Å². The van der Waals surface area contributed by atoms with Crippen molar-refractivity contribution in [3.63, 3.8) is 0 Å². The molecule has 138 valence electrons. The second-order valence-electron chi connectivity index (χ2n) is 7.16. The lowest BCUT2D eigenvalue weighted by molar-refractivity contribution is -0.145. The number of amides is 2. The molecular weight excluding hydrogens is 322 g/mol. The van der Waals surface area contributed by atoms with Crippen LogP contribution in [0.25, 0.3) is 0 Å². The number of rotatable bonds is 8. The molecule has 0 aliphatic carbocycles. The van der Waals surface area contributed by atoms with Crippen molar-refractivity contribution in [1.29, 1.82) is 0 Å². The Hall–Kier alpha value is -2.44. The molecule has 0 fully saturated rings. The van der Waals surface area contributed by atoms with Crippen LogP contribution in [0.3, 0.4) is 0 Å². The molecule has 7 heteroatoms. The summed E-state index contributed by atoms with van der Waals surface area (Å²) >= 11 is 0. The molecule has 7 nitrogen and oxygen atoms in total. The van der Waals surface area contributed by atoms with E-state index in [1.807, 2.05) is 39.8 Å². The van der Waals surface area contributed by atoms with Crippen LogP contribution in [0.4, 0.5) is 0 Å². The maximum absolute atomic E-state index is 12.5. The standard InChI is InChI=1S/C18H27N3O4/c1-12-7-6-8-13(20-12)9-14(17(24)25-5)21-16(23)15(19-11-22)10-18(2,3)4/h6-8,11,14-15H,9-10H2,1-5H3,(H,19,22)(H,21,23)/t14-,15+/m0/s1. The minimum absolute atomic E-state index is 0.170. The zero-order valence-electron chi connectivity index (χ0n) is 15.5. The zero-order chi connectivity index (χ0) is 19.0. The Bertz CT molecular complexity index is 611. The lowest BCUT2D eigenvalue weighted by atomic mass is 9.87. The molecule has 0 aliphatic rings. The van der Waals surface area contributed by atoms with Crippen molar-refractivity contribution in [2.45, 2.75) is 52.6 Å². The third-order valence-electron chi connectivity index (χ3n) is 3.56. The number of aromatic nitrogens is 1. The number of methoxy groups -OCH3 is 1. The molecule has 1 heterocycles. The minimum Gasteiger partial charge on any atom is -0.467 e. The van der Waals surface area contributed by atoms with E-state index in [4.69, 9.17) is 4.74 Å². The van der Waals surface area contributed by atoms with Gasteiger partial charge in [0, 0.05) is 17.8 Å². The molecule has 0 radical (unpaired) electrons. The molecule has 2 atom stereocenters. The molecule has 0 aliphatic heterocycles. The Morgan fingerprint density at radius 2 is 1.96 bits per heavy atom. The average Bonchev–Trinajstić information content (AvgIpc) is 2.51. The quantitative estimate of drug-likeness (QED) is 0.542. The molecule has 0 aromatic carbocycles. The van der Waals surface area contributed by atoms with E-state index in [1.165, 1.54) is 7.11 Å². The average molecular weight is 349 g/mol. The van der Waals surface area contributed by atoms with E-state index in [-0.39, 0.29) is 11.8 Å². The number of pyridine rings is 1. The summed E-state index contributed by atoms with van der Waals surface area (Å²) < 4.78 is 4.78. The van der Waals surface area contributed by atoms with Gasteiger partial charge >= 0.3 is 5.97 Å². The number of carbonyl (C=O) groups is 3. The number of nitrogens with one attached hydrogen (secondary N) is 2. The topological polar surface area (TPSA) is 97.4 Å². The molecule has 0 saturated heterocycles. The predicted molar refractivity (Wildman–Crippen MR) is 93.7 cm³/mol. The van der Waals surface area contributed by atoms with Crippen molar-refractivity contribution in [2.75, 3.05) is 7.11 Å². The van der Waals surface area contributed by atoms with Crippen LogP contribution in [0.1, 0.15) is 38.6 Å². The molecule has 0 spiro atoms. The van der Waals surface area contributed by atoms with Crippen molar-refractivity contribution in [3.05, 3.63) is 29.6 Å². The van der Waals surface area contributed by atoms with E-state index in [9.17, 15) is 14.4 Å². The fraction of sp³-hybridized carbons (Fsp3) is 0.556. The summed E-state index contributed by atoms with van der Waals surface area (Å²) in [5, 5.41) is 5.18. The highest BCUT2D eigenvalue weighted by Gasteiger charge is 2.29. The second-order valence-corrected chi connectivity index (χ2v) is 7.16. The molecule has 1 rings (SSSR count). The number of aryl methyl sites for hydroxylation is 1. The van der Waals surface area contributed by atoms with E-state index < -0.39 is 24.0 Å². The Morgan fingerprint density at radius 3 is 2.48 bits per heavy atom. The number of nitrogens with zero attached hydrogens (tertiary/aromatic N) is 1. The Morgan fingerprint density at radius 1 is 1.28 bits per heavy atom. The van der Waals surface area contributed by atoms with Crippen molar-refractivity contribution in [2.24, 2.45) is 5.41 Å². The van der Waals surface area contributed by atoms with Gasteiger partial charge in [-0.1, -0.05) is 26.8 Å². The molecule has 25 heavy (non-hydrogen) atoms. The van der Waals surface area contributed by atoms with Crippen molar-refractivity contribution < 1.29 is 19.1 Å². The first kappa shape index (κ1) is 20.6. The van der Waals surface area contributed by atoms with Crippen molar-refractivity contribution in [1.82, 2.24) is 15.6 Å². The van der Waals surface area contributed by atoms with Crippen LogP contribution >= 0.6 is 0 Å². The van der Waals surface area contributed by atoms with Gasteiger partial charge in [0.1, 0.15) is 12.1 Å². The lowest BCUT2D eigenvalue weighted by Crippen LogP contribution is -2.52. The van der Waals surface area contributed by atoms with Crippen LogP contribution in [0.5, 0.6) is 0 Å². The first-order valence-corrected chi connectivity index (χ1v) is 8.16. The minimum atomic E-state index is -0.872. The highest BCUT2D eigenvalue weighted by atomic mass is 16.5. The summed E-state index contributed by atoms with van der Waals surface area (Å²) in [6.07, 6.45) is 1.14. The normalized spacial score (nSPS) is 13.5. The number of hydrogen-bond donors (Lipinski definition) is 2. The van der Waals surface area contributed by atoms with E-state index in [0.717, 1.165) is 5.69 Å². The van der Waals surface area contributed by atoms with E-state index in [0.29, 0.717) is 18.5 Å². The summed E-state index contributed by atoms with van der Waals surface area (Å²) in [6, 6.07) is 3.87. The Balaban J connectivity index is 2.90. The number of carbonyl (C=O) groups excluding carboxylic acids is 3. The molecule has 1 aromatic heterocycles. The molecular formula is C18H27N3O4. The van der Waals surface area contributed by atoms with Gasteiger partial charge in [0.05, 0.1) is 7.11 Å². The monoisotopic (exact) mass is 349 g/mol. The summed E-state index contributed by atoms with van der Waals surface area (Å²) in [6.45, 7) is 7.75. The second kappa shape index (κ2) is 9.15. The largest absolute Gasteiger partial charge is 0.467 e. The van der Waals surface area contributed by atoms with E-state index in [2.05, 4.69) is 15.6 Å². The van der Waals surface area contributed by atoms with Crippen LogP contribution in [-0.4, -0.2) is 42.5 Å². The van der Waals surface area contributed by atoms with Crippen molar-refractivity contribution >= 4 is 18.3 Å². The van der Waals surface area contributed by atoms with E-state index in [1.54, 1.807) is 6.07 Å². The van der Waals surface area contributed by atoms with Crippen LogP contribution in [-0.2, 0) is 25.5 Å². The van der Waals surface area contributed by atoms with Gasteiger partial charge in [-0.15, -0.1) is 0 Å². The van der Waals surface area contributed by atoms with Crippen LogP contribution in [0, 0.1) is 12.3 Å². The van der Waals surface area contributed by atoms with Crippen molar-refractivity contribution in [3.8, 4) is 0 Å². The highest BCUT2D eigenvalue weighted by molar-refractivity contribution is 5.88. The summed E-state index contributed by atoms with van der Waals surface area (Å²) in [7, 11) is 1.27. The summed E-state index contributed by atoms with van der Waals surface area (Å²) in [5.74, 6) is -0.984. The summed E-state index contributed by atoms with van der Waals surface area (Å²) in [5.41, 5.74) is 1.32.